The number of hydrogen-bond acceptors (Lipinski definition) is 2. The average Bonchev–Trinajstić information content (AvgIpc) is 2.51. The van der Waals surface area contributed by atoms with E-state index in [9.17, 15) is 0 Å². The van der Waals surface area contributed by atoms with Gasteiger partial charge in [-0.25, -0.2) is 0 Å². The Kier molecular flexibility index (Phi) is 5.07. The molecule has 1 fully saturated rings. The van der Waals surface area contributed by atoms with Crippen molar-refractivity contribution < 1.29 is 5.11 Å². The van der Waals surface area contributed by atoms with E-state index in [0.29, 0.717) is 18.1 Å². The van der Waals surface area contributed by atoms with Gasteiger partial charge < -0.3 is 10.4 Å². The van der Waals surface area contributed by atoms with Gasteiger partial charge in [-0.2, -0.15) is 0 Å². The molecule has 2 N–H and O–H groups in total. The van der Waals surface area contributed by atoms with Crippen molar-refractivity contribution in [3.05, 3.63) is 0 Å². The maximum absolute atomic E-state index is 8.97. The Hall–Kier alpha value is -0.0800. The van der Waals surface area contributed by atoms with Gasteiger partial charge in [0, 0.05) is 12.6 Å². The van der Waals surface area contributed by atoms with E-state index in [1.165, 1.54) is 25.7 Å². The molecule has 0 unspecified atom stereocenters. The highest BCUT2D eigenvalue weighted by Gasteiger charge is 2.26. The first-order valence-corrected chi connectivity index (χ1v) is 6.37. The van der Waals surface area contributed by atoms with Gasteiger partial charge in [0.2, 0.25) is 0 Å². The summed E-state index contributed by atoms with van der Waals surface area (Å²) in [6.45, 7) is 8.33. The van der Waals surface area contributed by atoms with Crippen molar-refractivity contribution in [2.24, 2.45) is 11.3 Å². The van der Waals surface area contributed by atoms with Gasteiger partial charge in [0.05, 0.1) is 0 Å². The molecule has 1 rings (SSSR count). The Labute approximate surface area is 94.5 Å². The standard InChI is InChI=1S/C13H27NO/c1-13(2,3)8-9-14-12-6-4-5-11(12)7-10-15/h11-12,14-15H,4-10H2,1-3H3/t11-,12-/m0/s1. The maximum atomic E-state index is 8.97. The fourth-order valence-electron chi connectivity index (χ4n) is 2.45. The van der Waals surface area contributed by atoms with Crippen LogP contribution in [0.5, 0.6) is 0 Å². The molecule has 15 heavy (non-hydrogen) atoms. The lowest BCUT2D eigenvalue weighted by Gasteiger charge is -2.23. The molecular weight excluding hydrogens is 186 g/mol. The first-order valence-electron chi connectivity index (χ1n) is 6.37. The fourth-order valence-corrected chi connectivity index (χ4v) is 2.45. The molecule has 90 valence electrons. The predicted octanol–water partition coefficient (Wildman–Crippen LogP) is 2.56. The first-order chi connectivity index (χ1) is 7.03. The summed E-state index contributed by atoms with van der Waals surface area (Å²) in [5.41, 5.74) is 0.429. The largest absolute Gasteiger partial charge is 0.396 e. The number of hydrogen-bond donors (Lipinski definition) is 2. The smallest absolute Gasteiger partial charge is 0.0434 e. The second-order valence-electron chi connectivity index (χ2n) is 6.07. The van der Waals surface area contributed by atoms with E-state index < -0.39 is 0 Å². The van der Waals surface area contributed by atoms with Crippen LogP contribution in [0.25, 0.3) is 0 Å². The van der Waals surface area contributed by atoms with Gasteiger partial charge in [-0.3, -0.25) is 0 Å². The highest BCUT2D eigenvalue weighted by atomic mass is 16.3. The third-order valence-corrected chi connectivity index (χ3v) is 3.44. The fraction of sp³-hybridized carbons (Fsp3) is 1.00. The van der Waals surface area contributed by atoms with Crippen molar-refractivity contribution >= 4 is 0 Å². The topological polar surface area (TPSA) is 32.3 Å². The molecule has 2 heteroatoms. The number of rotatable bonds is 5. The van der Waals surface area contributed by atoms with Gasteiger partial charge in [-0.1, -0.05) is 27.2 Å². The quantitative estimate of drug-likeness (QED) is 0.735. The molecule has 0 amide bonds. The van der Waals surface area contributed by atoms with Crippen LogP contribution in [0.4, 0.5) is 0 Å². The second-order valence-corrected chi connectivity index (χ2v) is 6.07. The molecule has 0 saturated heterocycles. The third kappa shape index (κ3) is 4.98. The lowest BCUT2D eigenvalue weighted by Crippen LogP contribution is -2.34. The maximum Gasteiger partial charge on any atom is 0.0434 e. The van der Waals surface area contributed by atoms with Crippen LogP contribution < -0.4 is 5.32 Å². The summed E-state index contributed by atoms with van der Waals surface area (Å²) in [4.78, 5) is 0. The molecule has 2 nitrogen and oxygen atoms in total. The van der Waals surface area contributed by atoms with Gasteiger partial charge in [0.25, 0.3) is 0 Å². The number of aliphatic hydroxyl groups excluding tert-OH is 1. The van der Waals surface area contributed by atoms with Crippen molar-refractivity contribution in [1.82, 2.24) is 5.32 Å². The summed E-state index contributed by atoms with van der Waals surface area (Å²) in [6, 6.07) is 0.666. The highest BCUT2D eigenvalue weighted by molar-refractivity contribution is 4.83. The van der Waals surface area contributed by atoms with Crippen LogP contribution in [-0.4, -0.2) is 24.3 Å². The van der Waals surface area contributed by atoms with Gasteiger partial charge in [0.15, 0.2) is 0 Å². The zero-order valence-corrected chi connectivity index (χ0v) is 10.6. The molecular formula is C13H27NO. The minimum atomic E-state index is 0.349. The molecule has 1 saturated carbocycles. The summed E-state index contributed by atoms with van der Waals surface area (Å²) in [5.74, 6) is 0.718. The van der Waals surface area contributed by atoms with E-state index in [0.717, 1.165) is 18.9 Å². The predicted molar refractivity (Wildman–Crippen MR) is 64.9 cm³/mol. The Morgan fingerprint density at radius 3 is 2.60 bits per heavy atom. The Morgan fingerprint density at radius 2 is 2.00 bits per heavy atom. The summed E-state index contributed by atoms with van der Waals surface area (Å²) in [7, 11) is 0. The molecule has 0 radical (unpaired) electrons. The number of nitrogens with one attached hydrogen (secondary N) is 1. The van der Waals surface area contributed by atoms with Crippen LogP contribution in [0, 0.1) is 11.3 Å². The van der Waals surface area contributed by atoms with Crippen molar-refractivity contribution in [2.45, 2.75) is 58.9 Å². The van der Waals surface area contributed by atoms with E-state index in [4.69, 9.17) is 5.11 Å². The van der Waals surface area contributed by atoms with Crippen LogP contribution in [0.1, 0.15) is 52.9 Å². The van der Waals surface area contributed by atoms with Crippen molar-refractivity contribution in [1.29, 1.82) is 0 Å². The molecule has 2 atom stereocenters. The lowest BCUT2D eigenvalue weighted by molar-refractivity contribution is 0.238. The molecule has 0 aromatic rings. The molecule has 0 aliphatic heterocycles. The van der Waals surface area contributed by atoms with E-state index in [2.05, 4.69) is 26.1 Å². The van der Waals surface area contributed by atoms with E-state index in [-0.39, 0.29) is 0 Å². The Balaban J connectivity index is 2.20. The zero-order chi connectivity index (χ0) is 11.3. The Bertz CT molecular complexity index is 174. The average molecular weight is 213 g/mol. The normalized spacial score (nSPS) is 27.2. The summed E-state index contributed by atoms with van der Waals surface area (Å²) < 4.78 is 0. The molecule has 1 aliphatic carbocycles. The summed E-state index contributed by atoms with van der Waals surface area (Å²) in [5, 5.41) is 12.6. The van der Waals surface area contributed by atoms with E-state index in [1.54, 1.807) is 0 Å². The molecule has 0 bridgehead atoms. The van der Waals surface area contributed by atoms with E-state index in [1.807, 2.05) is 0 Å². The van der Waals surface area contributed by atoms with Crippen LogP contribution in [0.3, 0.4) is 0 Å². The summed E-state index contributed by atoms with van der Waals surface area (Å²) >= 11 is 0. The van der Waals surface area contributed by atoms with Gasteiger partial charge in [0.1, 0.15) is 0 Å². The van der Waals surface area contributed by atoms with Crippen LogP contribution in [0.2, 0.25) is 0 Å². The van der Waals surface area contributed by atoms with Crippen molar-refractivity contribution in [3.63, 3.8) is 0 Å². The van der Waals surface area contributed by atoms with Gasteiger partial charge in [-0.15, -0.1) is 0 Å². The van der Waals surface area contributed by atoms with Crippen LogP contribution in [0.15, 0.2) is 0 Å². The molecule has 0 aromatic carbocycles. The zero-order valence-electron chi connectivity index (χ0n) is 10.6. The minimum Gasteiger partial charge on any atom is -0.396 e. The minimum absolute atomic E-state index is 0.349. The van der Waals surface area contributed by atoms with Crippen LogP contribution in [-0.2, 0) is 0 Å². The lowest BCUT2D eigenvalue weighted by atomic mass is 9.92. The highest BCUT2D eigenvalue weighted by Crippen LogP contribution is 2.28. The third-order valence-electron chi connectivity index (χ3n) is 3.44. The van der Waals surface area contributed by atoms with E-state index >= 15 is 0 Å². The summed E-state index contributed by atoms with van der Waals surface area (Å²) in [6.07, 6.45) is 6.14. The second kappa shape index (κ2) is 5.86. The molecule has 1 aliphatic rings. The monoisotopic (exact) mass is 213 g/mol. The first kappa shape index (κ1) is 13.0. The Morgan fingerprint density at radius 1 is 1.27 bits per heavy atom. The van der Waals surface area contributed by atoms with Crippen molar-refractivity contribution in [3.8, 4) is 0 Å². The SMILES string of the molecule is CC(C)(C)CCN[C@H]1CCC[C@H]1CCO. The molecule has 0 spiro atoms. The van der Waals surface area contributed by atoms with Crippen molar-refractivity contribution in [2.75, 3.05) is 13.2 Å². The van der Waals surface area contributed by atoms with Crippen LogP contribution >= 0.6 is 0 Å². The molecule has 0 aromatic heterocycles. The number of aliphatic hydroxyl groups is 1. The molecule has 0 heterocycles. The van der Waals surface area contributed by atoms with Gasteiger partial charge >= 0.3 is 0 Å². The van der Waals surface area contributed by atoms with Gasteiger partial charge in [-0.05, 0) is 43.6 Å².